The molecule has 0 spiro atoms. The molecule has 0 radical (unpaired) electrons. The Morgan fingerprint density at radius 2 is 1.81 bits per heavy atom. The number of para-hydroxylation sites is 2. The van der Waals surface area contributed by atoms with Crippen LogP contribution in [0.15, 0.2) is 62.8 Å². The number of fused-ring (bicyclic) bond motifs is 2. The largest absolute Gasteiger partial charge is 0.232 e. The zero-order chi connectivity index (χ0) is 14.2. The van der Waals surface area contributed by atoms with Gasteiger partial charge in [-0.1, -0.05) is 24.3 Å². The fraction of sp³-hybridized carbons (Fsp3) is 0. The number of thiazole rings is 1. The third-order valence-corrected chi connectivity index (χ3v) is 9.84. The van der Waals surface area contributed by atoms with Crippen molar-refractivity contribution >= 4 is 73.8 Å². The normalized spacial score (nSPS) is 17.0. The van der Waals surface area contributed by atoms with Crippen molar-refractivity contribution in [3.8, 4) is 0 Å². The van der Waals surface area contributed by atoms with Crippen molar-refractivity contribution in [3.05, 3.63) is 48.5 Å². The van der Waals surface area contributed by atoms with Crippen molar-refractivity contribution in [1.29, 1.82) is 0 Å². The van der Waals surface area contributed by atoms with E-state index in [2.05, 4.69) is 22.1 Å². The summed E-state index contributed by atoms with van der Waals surface area (Å²) < 4.78 is 3.27. The summed E-state index contributed by atoms with van der Waals surface area (Å²) in [5.41, 5.74) is 2.07. The van der Waals surface area contributed by atoms with Gasteiger partial charge in [0.2, 0.25) is 0 Å². The molecule has 104 valence electrons. The van der Waals surface area contributed by atoms with E-state index >= 15 is 0 Å². The fourth-order valence-electron chi connectivity index (χ4n) is 1.95. The number of aliphatic imine (C=N–C) groups is 1. The van der Waals surface area contributed by atoms with Crippen molar-refractivity contribution in [1.82, 2.24) is 4.98 Å². The number of benzene rings is 2. The van der Waals surface area contributed by atoms with Crippen LogP contribution in [-0.2, 0) is 20.6 Å². The predicted molar refractivity (Wildman–Crippen MR) is 99.6 cm³/mol. The maximum absolute atomic E-state index is 5.60. The Balaban J connectivity index is 1.54. The molecule has 2 nitrogen and oxygen atoms in total. The highest BCUT2D eigenvalue weighted by atomic mass is 33.1. The third-order valence-electron chi connectivity index (χ3n) is 2.89. The molecule has 0 bridgehead atoms. The maximum atomic E-state index is 5.60. The average Bonchev–Trinajstić information content (AvgIpc) is 3.07. The Morgan fingerprint density at radius 1 is 1.00 bits per heavy atom. The first-order valence-electron chi connectivity index (χ1n) is 6.11. The quantitative estimate of drug-likeness (QED) is 0.462. The van der Waals surface area contributed by atoms with Crippen molar-refractivity contribution in [2.24, 2.45) is 4.99 Å². The molecule has 4 rings (SSSR count). The second-order valence-corrected chi connectivity index (χ2v) is 10.2. The first-order valence-corrected chi connectivity index (χ1v) is 11.2. The van der Waals surface area contributed by atoms with E-state index < -0.39 is 0 Å². The minimum atomic E-state index is -0.325. The van der Waals surface area contributed by atoms with Crippen LogP contribution in [0.1, 0.15) is 0 Å². The Kier molecular flexibility index (Phi) is 3.85. The summed E-state index contributed by atoms with van der Waals surface area (Å²) in [6.07, 6.45) is 0. The molecule has 3 aromatic rings. The monoisotopic (exact) mass is 364 g/mol. The summed E-state index contributed by atoms with van der Waals surface area (Å²) in [5, 5.41) is 0. The Labute approximate surface area is 141 Å². The van der Waals surface area contributed by atoms with E-state index in [-0.39, 0.29) is 9.45 Å². The third kappa shape index (κ3) is 2.68. The second-order valence-electron chi connectivity index (χ2n) is 4.23. The number of hydrogen-bond acceptors (Lipinski definition) is 6. The van der Waals surface area contributed by atoms with Gasteiger partial charge in [-0.15, -0.1) is 11.3 Å². The molecule has 1 aliphatic heterocycles. The first kappa shape index (κ1) is 13.9. The molecule has 1 unspecified atom stereocenters. The predicted octanol–water partition coefficient (Wildman–Crippen LogP) is 5.18. The number of hydrogen-bond donors (Lipinski definition) is 0. The van der Waals surface area contributed by atoms with Gasteiger partial charge in [0.25, 0.3) is 0 Å². The molecule has 0 saturated heterocycles. The second kappa shape index (κ2) is 5.81. The van der Waals surface area contributed by atoms with Gasteiger partial charge >= 0.3 is 0 Å². The summed E-state index contributed by atoms with van der Waals surface area (Å²) in [7, 11) is 2.97. The fourth-order valence-corrected chi connectivity index (χ4v) is 8.27. The highest BCUT2D eigenvalue weighted by molar-refractivity contribution is 8.87. The molecule has 0 fully saturated rings. The van der Waals surface area contributed by atoms with Crippen LogP contribution in [0.5, 0.6) is 0 Å². The van der Waals surface area contributed by atoms with E-state index in [1.807, 2.05) is 36.4 Å². The van der Waals surface area contributed by atoms with E-state index in [9.17, 15) is 0 Å². The van der Waals surface area contributed by atoms with E-state index in [4.69, 9.17) is 11.2 Å². The van der Waals surface area contributed by atoms with Gasteiger partial charge in [-0.3, -0.25) is 0 Å². The van der Waals surface area contributed by atoms with Crippen LogP contribution in [-0.4, -0.2) is 9.36 Å². The highest BCUT2D eigenvalue weighted by Crippen LogP contribution is 2.42. The molecule has 2 heterocycles. The molecule has 0 aliphatic carbocycles. The van der Waals surface area contributed by atoms with Gasteiger partial charge in [0.05, 0.1) is 15.9 Å². The van der Waals surface area contributed by atoms with Crippen LogP contribution in [0, 0.1) is 0 Å². The van der Waals surface area contributed by atoms with Crippen molar-refractivity contribution < 1.29 is 0 Å². The van der Waals surface area contributed by atoms with Gasteiger partial charge in [-0.05, 0) is 66.5 Å². The van der Waals surface area contributed by atoms with Crippen LogP contribution in [0.25, 0.3) is 10.2 Å². The molecule has 1 aliphatic rings. The van der Waals surface area contributed by atoms with Crippen LogP contribution >= 0.6 is 32.9 Å². The lowest BCUT2D eigenvalue weighted by molar-refractivity contribution is 1.31. The molecular weight excluding hydrogens is 357 g/mol. The zero-order valence-corrected chi connectivity index (χ0v) is 14.6. The van der Waals surface area contributed by atoms with Crippen LogP contribution in [0.2, 0.25) is 0 Å². The summed E-state index contributed by atoms with van der Waals surface area (Å²) in [6, 6.07) is 16.3. The van der Waals surface area contributed by atoms with Gasteiger partial charge < -0.3 is 0 Å². The van der Waals surface area contributed by atoms with Crippen LogP contribution in [0.3, 0.4) is 0 Å². The Morgan fingerprint density at radius 3 is 2.67 bits per heavy atom. The van der Waals surface area contributed by atoms with E-state index in [1.54, 1.807) is 32.9 Å². The highest BCUT2D eigenvalue weighted by Gasteiger charge is 2.20. The van der Waals surface area contributed by atoms with Crippen molar-refractivity contribution in [2.45, 2.75) is 9.24 Å². The smallest absolute Gasteiger partial charge is 0.162 e. The molecule has 2 aromatic carbocycles. The standard InChI is InChI=1S/C14H8N2S5/c17-21-12-8-4-2-6-10(12)16-14(21)20-19-13-15-9-5-1-3-7-11(9)18-13/h1-8H. The van der Waals surface area contributed by atoms with E-state index in [0.717, 1.165) is 19.9 Å². The Hall–Kier alpha value is -0.730. The van der Waals surface area contributed by atoms with Gasteiger partial charge in [0.15, 0.2) is 4.34 Å². The summed E-state index contributed by atoms with van der Waals surface area (Å²) in [5.74, 6) is 0. The number of aromatic nitrogens is 1. The molecular formula is C14H8N2S5. The first-order chi connectivity index (χ1) is 10.3. The number of rotatable bonds is 2. The number of nitrogens with zero attached hydrogens (tertiary/aromatic N) is 2. The lowest BCUT2D eigenvalue weighted by atomic mass is 10.3. The maximum Gasteiger partial charge on any atom is 0.162 e. The Bertz CT molecular complexity index is 851. The van der Waals surface area contributed by atoms with Crippen LogP contribution in [0.4, 0.5) is 5.69 Å². The molecule has 1 aromatic heterocycles. The van der Waals surface area contributed by atoms with Crippen molar-refractivity contribution in [2.75, 3.05) is 0 Å². The summed E-state index contributed by atoms with van der Waals surface area (Å²) >= 11 is 7.31. The minimum Gasteiger partial charge on any atom is -0.232 e. The molecule has 0 saturated carbocycles. The SMILES string of the molecule is S=S1C(SSc2nc3ccccc3s2)=Nc2ccccc21. The topological polar surface area (TPSA) is 25.2 Å². The van der Waals surface area contributed by atoms with Crippen molar-refractivity contribution in [3.63, 3.8) is 0 Å². The zero-order valence-electron chi connectivity index (χ0n) is 10.6. The molecule has 0 N–H and O–H groups in total. The summed E-state index contributed by atoms with van der Waals surface area (Å²) in [4.78, 5) is 10.4. The summed E-state index contributed by atoms with van der Waals surface area (Å²) in [6.45, 7) is 0. The van der Waals surface area contributed by atoms with E-state index in [1.165, 1.54) is 9.60 Å². The molecule has 21 heavy (non-hydrogen) atoms. The van der Waals surface area contributed by atoms with Crippen LogP contribution < -0.4 is 0 Å². The van der Waals surface area contributed by atoms with Gasteiger partial charge in [-0.2, -0.15) is 0 Å². The van der Waals surface area contributed by atoms with Gasteiger partial charge in [-0.25, -0.2) is 9.98 Å². The average molecular weight is 365 g/mol. The van der Waals surface area contributed by atoms with E-state index in [0.29, 0.717) is 0 Å². The molecule has 0 amide bonds. The molecule has 7 heteroatoms. The lowest BCUT2D eigenvalue weighted by Gasteiger charge is -1.99. The van der Waals surface area contributed by atoms with Gasteiger partial charge in [0, 0.05) is 4.90 Å². The van der Waals surface area contributed by atoms with Gasteiger partial charge in [0.1, 0.15) is 4.38 Å². The minimum absolute atomic E-state index is 0.325. The molecule has 1 atom stereocenters. The lowest BCUT2D eigenvalue weighted by Crippen LogP contribution is -1.93.